The molecular weight excluding hydrogens is 131 g/mol. The van der Waals surface area contributed by atoms with Crippen molar-refractivity contribution in [3.05, 3.63) is 0 Å². The highest BCUT2D eigenvalue weighted by Crippen LogP contribution is 2.17. The first kappa shape index (κ1) is 7.63. The number of thiol groups is 1. The zero-order valence-corrected chi connectivity index (χ0v) is 5.94. The van der Waals surface area contributed by atoms with E-state index < -0.39 is 0 Å². The molecule has 0 saturated carbocycles. The van der Waals surface area contributed by atoms with Crippen LogP contribution in [0.3, 0.4) is 0 Å². The van der Waals surface area contributed by atoms with Crippen molar-refractivity contribution in [3.63, 3.8) is 0 Å². The molecular formula is C4H9FS2. The Morgan fingerprint density at radius 3 is 2.43 bits per heavy atom. The molecule has 0 rings (SSSR count). The Kier molecular flexibility index (Phi) is 5.21. The standard InChI is InChI=1S/C4H9FS2/c1-2-4(3-5)7-6/h4,6H,2-3H2,1H3. The van der Waals surface area contributed by atoms with Gasteiger partial charge in [-0.3, -0.25) is 0 Å². The maximum Gasteiger partial charge on any atom is 0.102 e. The number of rotatable bonds is 3. The van der Waals surface area contributed by atoms with E-state index in [1.54, 1.807) is 0 Å². The van der Waals surface area contributed by atoms with Gasteiger partial charge in [-0.15, -0.1) is 11.7 Å². The summed E-state index contributed by atoms with van der Waals surface area (Å²) in [6.45, 7) is 1.69. The minimum Gasteiger partial charge on any atom is -0.250 e. The lowest BCUT2D eigenvalue weighted by molar-refractivity contribution is 0.479. The van der Waals surface area contributed by atoms with Crippen LogP contribution >= 0.6 is 22.5 Å². The van der Waals surface area contributed by atoms with Crippen molar-refractivity contribution in [2.24, 2.45) is 0 Å². The van der Waals surface area contributed by atoms with Gasteiger partial charge in [0.05, 0.1) is 0 Å². The van der Waals surface area contributed by atoms with Gasteiger partial charge >= 0.3 is 0 Å². The lowest BCUT2D eigenvalue weighted by Crippen LogP contribution is -1.98. The molecule has 0 aliphatic carbocycles. The zero-order chi connectivity index (χ0) is 5.70. The van der Waals surface area contributed by atoms with Crippen LogP contribution in [0.25, 0.3) is 0 Å². The van der Waals surface area contributed by atoms with Gasteiger partial charge in [0.1, 0.15) is 6.67 Å². The van der Waals surface area contributed by atoms with Crippen molar-refractivity contribution in [1.29, 1.82) is 0 Å². The predicted molar refractivity (Wildman–Crippen MR) is 36.6 cm³/mol. The maximum atomic E-state index is 11.6. The van der Waals surface area contributed by atoms with Crippen LogP contribution in [-0.2, 0) is 0 Å². The summed E-state index contributed by atoms with van der Waals surface area (Å²) in [7, 11) is 1.29. The largest absolute Gasteiger partial charge is 0.250 e. The van der Waals surface area contributed by atoms with E-state index in [1.807, 2.05) is 6.92 Å². The van der Waals surface area contributed by atoms with E-state index in [4.69, 9.17) is 0 Å². The maximum absolute atomic E-state index is 11.6. The normalized spacial score (nSPS) is 14.1. The average molecular weight is 140 g/mol. The first-order valence-corrected chi connectivity index (χ1v) is 4.14. The lowest BCUT2D eigenvalue weighted by atomic mass is 10.4. The van der Waals surface area contributed by atoms with Crippen LogP contribution in [0, 0.1) is 0 Å². The van der Waals surface area contributed by atoms with Crippen LogP contribution in [0.4, 0.5) is 4.39 Å². The number of hydrogen-bond donors (Lipinski definition) is 1. The lowest BCUT2D eigenvalue weighted by Gasteiger charge is -2.01. The van der Waals surface area contributed by atoms with Crippen LogP contribution in [0.5, 0.6) is 0 Å². The molecule has 0 heterocycles. The highest BCUT2D eigenvalue weighted by Gasteiger charge is 2.00. The van der Waals surface area contributed by atoms with Crippen molar-refractivity contribution in [1.82, 2.24) is 0 Å². The smallest absolute Gasteiger partial charge is 0.102 e. The fraction of sp³-hybridized carbons (Fsp3) is 1.00. The van der Waals surface area contributed by atoms with Gasteiger partial charge in [0.25, 0.3) is 0 Å². The Morgan fingerprint density at radius 2 is 2.43 bits per heavy atom. The molecule has 0 N–H and O–H groups in total. The molecule has 0 bridgehead atoms. The summed E-state index contributed by atoms with van der Waals surface area (Å²) in [5, 5.41) is 0.100. The van der Waals surface area contributed by atoms with Crippen LogP contribution in [-0.4, -0.2) is 11.9 Å². The van der Waals surface area contributed by atoms with Gasteiger partial charge < -0.3 is 0 Å². The molecule has 0 aliphatic rings. The van der Waals surface area contributed by atoms with E-state index in [9.17, 15) is 4.39 Å². The Morgan fingerprint density at radius 1 is 1.86 bits per heavy atom. The summed E-state index contributed by atoms with van der Waals surface area (Å²) in [6.07, 6.45) is 0.866. The highest BCUT2D eigenvalue weighted by atomic mass is 33.1. The van der Waals surface area contributed by atoms with Crippen LogP contribution in [0.1, 0.15) is 13.3 Å². The number of halogens is 1. The molecule has 0 aromatic heterocycles. The van der Waals surface area contributed by atoms with Crippen molar-refractivity contribution in [3.8, 4) is 0 Å². The van der Waals surface area contributed by atoms with Crippen LogP contribution in [0.2, 0.25) is 0 Å². The quantitative estimate of drug-likeness (QED) is 0.463. The second-order valence-corrected chi connectivity index (χ2v) is 2.80. The summed E-state index contributed by atoms with van der Waals surface area (Å²) in [4.78, 5) is 0. The monoisotopic (exact) mass is 140 g/mol. The Hall–Kier alpha value is 0.630. The zero-order valence-electron chi connectivity index (χ0n) is 4.22. The minimum atomic E-state index is -0.259. The Balaban J connectivity index is 2.99. The van der Waals surface area contributed by atoms with E-state index in [0.717, 1.165) is 6.42 Å². The fourth-order valence-electron chi connectivity index (χ4n) is 0.212. The molecule has 7 heavy (non-hydrogen) atoms. The third-order valence-corrected chi connectivity index (χ3v) is 2.43. The average Bonchev–Trinajstić information content (AvgIpc) is 1.72. The minimum absolute atomic E-state index is 0.100. The first-order chi connectivity index (χ1) is 3.35. The number of hydrogen-bond acceptors (Lipinski definition) is 2. The van der Waals surface area contributed by atoms with Crippen LogP contribution < -0.4 is 0 Å². The highest BCUT2D eigenvalue weighted by molar-refractivity contribution is 8.68. The molecule has 1 atom stereocenters. The summed E-state index contributed by atoms with van der Waals surface area (Å²) < 4.78 is 11.6. The second-order valence-electron chi connectivity index (χ2n) is 1.29. The first-order valence-electron chi connectivity index (χ1n) is 2.21. The van der Waals surface area contributed by atoms with Crippen LogP contribution in [0.15, 0.2) is 0 Å². The van der Waals surface area contributed by atoms with Crippen molar-refractivity contribution >= 4 is 22.5 Å². The molecule has 3 heteroatoms. The molecule has 0 aromatic rings. The molecule has 44 valence electrons. The molecule has 0 aromatic carbocycles. The van der Waals surface area contributed by atoms with Crippen molar-refractivity contribution in [2.45, 2.75) is 18.6 Å². The molecule has 0 nitrogen and oxygen atoms in total. The molecule has 0 saturated heterocycles. The third kappa shape index (κ3) is 3.23. The Labute approximate surface area is 52.7 Å². The predicted octanol–water partition coefficient (Wildman–Crippen LogP) is 2.31. The molecule has 0 spiro atoms. The molecule has 1 unspecified atom stereocenters. The van der Waals surface area contributed by atoms with E-state index in [2.05, 4.69) is 11.7 Å². The van der Waals surface area contributed by atoms with Gasteiger partial charge in [0.2, 0.25) is 0 Å². The Bertz CT molecular complexity index is 31.2. The SMILES string of the molecule is CCC(CF)SS. The van der Waals surface area contributed by atoms with E-state index in [1.165, 1.54) is 10.8 Å². The fourth-order valence-corrected chi connectivity index (χ4v) is 1.03. The van der Waals surface area contributed by atoms with Gasteiger partial charge in [-0.25, -0.2) is 4.39 Å². The van der Waals surface area contributed by atoms with Gasteiger partial charge in [-0.05, 0) is 6.42 Å². The molecule has 0 radical (unpaired) electrons. The van der Waals surface area contributed by atoms with Gasteiger partial charge in [-0.2, -0.15) is 0 Å². The van der Waals surface area contributed by atoms with Crippen molar-refractivity contribution < 1.29 is 4.39 Å². The third-order valence-electron chi connectivity index (χ3n) is 0.777. The summed E-state index contributed by atoms with van der Waals surface area (Å²) in [5.74, 6) is 0. The molecule has 0 fully saturated rings. The van der Waals surface area contributed by atoms with E-state index >= 15 is 0 Å². The summed E-state index contributed by atoms with van der Waals surface area (Å²) in [6, 6.07) is 0. The van der Waals surface area contributed by atoms with E-state index in [-0.39, 0.29) is 11.9 Å². The summed E-state index contributed by atoms with van der Waals surface area (Å²) >= 11 is 3.85. The van der Waals surface area contributed by atoms with Gasteiger partial charge in [0.15, 0.2) is 0 Å². The molecule has 0 aliphatic heterocycles. The van der Waals surface area contributed by atoms with Gasteiger partial charge in [0, 0.05) is 5.25 Å². The van der Waals surface area contributed by atoms with E-state index in [0.29, 0.717) is 0 Å². The van der Waals surface area contributed by atoms with Gasteiger partial charge in [-0.1, -0.05) is 17.7 Å². The summed E-state index contributed by atoms with van der Waals surface area (Å²) in [5.41, 5.74) is 0. The number of alkyl halides is 1. The van der Waals surface area contributed by atoms with Crippen molar-refractivity contribution in [2.75, 3.05) is 6.67 Å². The molecule has 0 amide bonds. The topological polar surface area (TPSA) is 0 Å². The second kappa shape index (κ2) is 4.78.